The molecule has 0 aliphatic heterocycles. The third kappa shape index (κ3) is 2.99. The lowest BCUT2D eigenvalue weighted by molar-refractivity contribution is -0.136. The van der Waals surface area contributed by atoms with Crippen LogP contribution in [0.15, 0.2) is 18.2 Å². The third-order valence-corrected chi connectivity index (χ3v) is 2.97. The number of H-pyrrole nitrogens is 1. The van der Waals surface area contributed by atoms with Crippen molar-refractivity contribution in [3.05, 3.63) is 35.3 Å². The average molecular weight is 274 g/mol. The lowest BCUT2D eigenvalue weighted by atomic mass is 10.1. The van der Waals surface area contributed by atoms with Crippen LogP contribution in [-0.2, 0) is 11.2 Å². The minimum atomic E-state index is -0.877. The molecule has 2 rings (SSSR count). The second kappa shape index (κ2) is 5.77. The van der Waals surface area contributed by atoms with E-state index in [9.17, 15) is 4.79 Å². The number of carboxylic acid groups (broad SMARTS) is 1. The molecule has 0 aliphatic rings. The molecule has 0 fully saturated rings. The maximum absolute atomic E-state index is 10.9. The number of aromatic nitrogens is 2. The van der Waals surface area contributed by atoms with Crippen molar-refractivity contribution in [3.8, 4) is 17.0 Å². The fraction of sp³-hybridized carbons (Fsp3) is 0.333. The molecule has 0 bridgehead atoms. The van der Waals surface area contributed by atoms with E-state index < -0.39 is 5.97 Å². The van der Waals surface area contributed by atoms with Crippen molar-refractivity contribution in [2.75, 3.05) is 6.61 Å². The second-order valence-corrected chi connectivity index (χ2v) is 4.63. The summed E-state index contributed by atoms with van der Waals surface area (Å²) in [5.74, 6) is 0.670. The van der Waals surface area contributed by atoms with Gasteiger partial charge in [-0.05, 0) is 44.5 Å². The van der Waals surface area contributed by atoms with Crippen LogP contribution >= 0.6 is 0 Å². The van der Waals surface area contributed by atoms with Crippen molar-refractivity contribution in [1.82, 2.24) is 9.97 Å². The van der Waals surface area contributed by atoms with E-state index in [0.717, 1.165) is 16.9 Å². The first-order valence-corrected chi connectivity index (χ1v) is 6.52. The molecule has 0 spiro atoms. The van der Waals surface area contributed by atoms with Gasteiger partial charge in [0, 0.05) is 5.56 Å². The molecule has 0 saturated carbocycles. The molecule has 0 aliphatic carbocycles. The van der Waals surface area contributed by atoms with E-state index in [1.54, 1.807) is 0 Å². The highest BCUT2D eigenvalue weighted by Crippen LogP contribution is 2.27. The summed E-state index contributed by atoms with van der Waals surface area (Å²) < 4.78 is 5.51. The van der Waals surface area contributed by atoms with Crippen LogP contribution in [0.5, 0.6) is 5.75 Å². The molecule has 1 heterocycles. The zero-order valence-corrected chi connectivity index (χ0v) is 11.9. The van der Waals surface area contributed by atoms with Crippen LogP contribution in [0.1, 0.15) is 24.0 Å². The Morgan fingerprint density at radius 2 is 2.15 bits per heavy atom. The van der Waals surface area contributed by atoms with Gasteiger partial charge in [-0.25, -0.2) is 4.98 Å². The number of imidazole rings is 1. The minimum Gasteiger partial charge on any atom is -0.494 e. The number of carboxylic acids is 1. The number of rotatable bonds is 5. The molecule has 2 N–H and O–H groups in total. The second-order valence-electron chi connectivity index (χ2n) is 4.63. The fourth-order valence-electron chi connectivity index (χ4n) is 2.17. The van der Waals surface area contributed by atoms with Gasteiger partial charge in [0.05, 0.1) is 24.4 Å². The Morgan fingerprint density at radius 1 is 1.40 bits per heavy atom. The van der Waals surface area contributed by atoms with Gasteiger partial charge in [-0.3, -0.25) is 4.79 Å². The lowest BCUT2D eigenvalue weighted by Gasteiger charge is -2.08. The highest BCUT2D eigenvalue weighted by atomic mass is 16.5. The van der Waals surface area contributed by atoms with E-state index in [1.807, 2.05) is 39.0 Å². The van der Waals surface area contributed by atoms with Gasteiger partial charge in [-0.2, -0.15) is 0 Å². The highest BCUT2D eigenvalue weighted by molar-refractivity contribution is 5.74. The SMILES string of the molecule is CCOc1ccc(-c2nc(C)[nH]c2CC(=O)O)cc1C. The summed E-state index contributed by atoms with van der Waals surface area (Å²) in [4.78, 5) is 18.3. The number of aromatic amines is 1. The van der Waals surface area contributed by atoms with Crippen molar-refractivity contribution < 1.29 is 14.6 Å². The van der Waals surface area contributed by atoms with Gasteiger partial charge in [0.15, 0.2) is 0 Å². The summed E-state index contributed by atoms with van der Waals surface area (Å²) in [5.41, 5.74) is 3.22. The monoisotopic (exact) mass is 274 g/mol. The van der Waals surface area contributed by atoms with Crippen LogP contribution in [0.4, 0.5) is 0 Å². The van der Waals surface area contributed by atoms with Crippen LogP contribution < -0.4 is 4.74 Å². The number of ether oxygens (including phenoxy) is 1. The van der Waals surface area contributed by atoms with E-state index >= 15 is 0 Å². The molecule has 0 amide bonds. The zero-order chi connectivity index (χ0) is 14.7. The van der Waals surface area contributed by atoms with E-state index in [4.69, 9.17) is 9.84 Å². The fourth-order valence-corrected chi connectivity index (χ4v) is 2.17. The zero-order valence-electron chi connectivity index (χ0n) is 11.9. The van der Waals surface area contributed by atoms with E-state index in [2.05, 4.69) is 9.97 Å². The first-order valence-electron chi connectivity index (χ1n) is 6.52. The number of nitrogens with one attached hydrogen (secondary N) is 1. The molecule has 1 aromatic heterocycles. The Morgan fingerprint density at radius 3 is 2.75 bits per heavy atom. The number of aryl methyl sites for hydroxylation is 2. The molecule has 0 atom stereocenters. The maximum atomic E-state index is 10.9. The van der Waals surface area contributed by atoms with Crippen molar-refractivity contribution in [3.63, 3.8) is 0 Å². The van der Waals surface area contributed by atoms with Gasteiger partial charge in [-0.15, -0.1) is 0 Å². The topological polar surface area (TPSA) is 75.2 Å². The predicted octanol–water partition coefficient (Wildman–Crippen LogP) is 2.72. The summed E-state index contributed by atoms with van der Waals surface area (Å²) in [6.07, 6.45) is -0.0670. The van der Waals surface area contributed by atoms with Gasteiger partial charge in [0.2, 0.25) is 0 Å². The largest absolute Gasteiger partial charge is 0.494 e. The normalized spacial score (nSPS) is 10.6. The predicted molar refractivity (Wildman–Crippen MR) is 76.0 cm³/mol. The lowest BCUT2D eigenvalue weighted by Crippen LogP contribution is -2.02. The highest BCUT2D eigenvalue weighted by Gasteiger charge is 2.14. The summed E-state index contributed by atoms with van der Waals surface area (Å²) in [6, 6.07) is 5.76. The van der Waals surface area contributed by atoms with Crippen LogP contribution in [0.2, 0.25) is 0 Å². The molecular formula is C15H18N2O3. The van der Waals surface area contributed by atoms with E-state index in [0.29, 0.717) is 23.8 Å². The van der Waals surface area contributed by atoms with Crippen LogP contribution in [0.25, 0.3) is 11.3 Å². The molecule has 1 aromatic carbocycles. The van der Waals surface area contributed by atoms with Gasteiger partial charge < -0.3 is 14.8 Å². The summed E-state index contributed by atoms with van der Waals surface area (Å²) >= 11 is 0. The molecule has 0 saturated heterocycles. The summed E-state index contributed by atoms with van der Waals surface area (Å²) in [7, 11) is 0. The standard InChI is InChI=1S/C15H18N2O3/c1-4-20-13-6-5-11(7-9(13)2)15-12(8-14(18)19)16-10(3)17-15/h5-7H,4,8H2,1-3H3,(H,16,17)(H,18,19). The van der Waals surface area contributed by atoms with E-state index in [-0.39, 0.29) is 6.42 Å². The third-order valence-electron chi connectivity index (χ3n) is 2.97. The van der Waals surface area contributed by atoms with Gasteiger partial charge in [0.25, 0.3) is 0 Å². The Hall–Kier alpha value is -2.30. The molecular weight excluding hydrogens is 256 g/mol. The Balaban J connectivity index is 2.41. The van der Waals surface area contributed by atoms with Gasteiger partial charge in [-0.1, -0.05) is 0 Å². The molecule has 0 radical (unpaired) electrons. The molecule has 5 heteroatoms. The first-order chi connectivity index (χ1) is 9.51. The van der Waals surface area contributed by atoms with Gasteiger partial charge >= 0.3 is 5.97 Å². The van der Waals surface area contributed by atoms with Crippen molar-refractivity contribution in [2.24, 2.45) is 0 Å². The minimum absolute atomic E-state index is 0.0670. The van der Waals surface area contributed by atoms with Crippen LogP contribution in [0.3, 0.4) is 0 Å². The molecule has 0 unspecified atom stereocenters. The first kappa shape index (κ1) is 14.1. The van der Waals surface area contributed by atoms with E-state index in [1.165, 1.54) is 0 Å². The number of hydrogen-bond donors (Lipinski definition) is 2. The molecule has 106 valence electrons. The average Bonchev–Trinajstić information content (AvgIpc) is 2.72. The number of hydrogen-bond acceptors (Lipinski definition) is 3. The maximum Gasteiger partial charge on any atom is 0.309 e. The van der Waals surface area contributed by atoms with Crippen LogP contribution in [0, 0.1) is 13.8 Å². The van der Waals surface area contributed by atoms with Crippen molar-refractivity contribution >= 4 is 5.97 Å². The number of nitrogens with zero attached hydrogens (tertiary/aromatic N) is 1. The Kier molecular flexibility index (Phi) is 4.08. The summed E-state index contributed by atoms with van der Waals surface area (Å²) in [6.45, 7) is 6.34. The number of aliphatic carboxylic acids is 1. The van der Waals surface area contributed by atoms with Gasteiger partial charge in [0.1, 0.15) is 11.6 Å². The smallest absolute Gasteiger partial charge is 0.309 e. The quantitative estimate of drug-likeness (QED) is 0.879. The Bertz CT molecular complexity index is 632. The van der Waals surface area contributed by atoms with Crippen molar-refractivity contribution in [2.45, 2.75) is 27.2 Å². The number of benzene rings is 1. The van der Waals surface area contributed by atoms with Crippen LogP contribution in [-0.4, -0.2) is 27.7 Å². The molecule has 2 aromatic rings. The molecule has 5 nitrogen and oxygen atoms in total. The summed E-state index contributed by atoms with van der Waals surface area (Å²) in [5, 5.41) is 8.95. The van der Waals surface area contributed by atoms with Crippen molar-refractivity contribution in [1.29, 1.82) is 0 Å². The number of carbonyl (C=O) groups is 1. The molecule has 20 heavy (non-hydrogen) atoms. The Labute approximate surface area is 117 Å².